The van der Waals surface area contributed by atoms with Gasteiger partial charge in [-0.1, -0.05) is 0 Å². The fourth-order valence-electron chi connectivity index (χ4n) is 1.93. The number of hydrogen-bond donors (Lipinski definition) is 2. The number of nitrogens with one attached hydrogen (secondary N) is 1. The molecule has 92 valence electrons. The number of anilines is 3. The van der Waals surface area contributed by atoms with Crippen LogP contribution in [0.5, 0.6) is 0 Å². The Hall–Kier alpha value is -2.51. The van der Waals surface area contributed by atoms with Crippen molar-refractivity contribution in [2.75, 3.05) is 11.1 Å². The Bertz CT molecular complexity index is 783. The zero-order valence-corrected chi connectivity index (χ0v) is 10.9. The van der Waals surface area contributed by atoms with Gasteiger partial charge in [0.2, 0.25) is 0 Å². The molecule has 0 saturated carbocycles. The number of nitrogens with two attached hydrogens (primary N) is 1. The van der Waals surface area contributed by atoms with Gasteiger partial charge in [0.15, 0.2) is 0 Å². The monoisotopic (exact) mass is 265 g/mol. The van der Waals surface area contributed by atoms with Crippen molar-refractivity contribution in [3.05, 3.63) is 53.4 Å². The summed E-state index contributed by atoms with van der Waals surface area (Å²) >= 11 is 1.72. The molecule has 0 aliphatic carbocycles. The molecule has 19 heavy (non-hydrogen) atoms. The maximum Gasteiger partial charge on any atom is 0.0992 e. The molecule has 3 rings (SSSR count). The number of fused-ring (bicyclic) bond motifs is 1. The highest BCUT2D eigenvalue weighted by Crippen LogP contribution is 2.28. The van der Waals surface area contributed by atoms with Crippen LogP contribution in [0.1, 0.15) is 5.56 Å². The van der Waals surface area contributed by atoms with Crippen LogP contribution in [0.3, 0.4) is 0 Å². The smallest absolute Gasteiger partial charge is 0.0992 e. The van der Waals surface area contributed by atoms with Crippen LogP contribution in [0, 0.1) is 11.3 Å². The number of thiophene rings is 1. The van der Waals surface area contributed by atoms with E-state index in [-0.39, 0.29) is 0 Å². The van der Waals surface area contributed by atoms with Crippen LogP contribution >= 0.6 is 11.3 Å². The molecule has 0 bridgehead atoms. The molecular formula is C15H11N3S. The molecule has 0 spiro atoms. The third-order valence-electron chi connectivity index (χ3n) is 2.91. The Morgan fingerprint density at radius 1 is 1.11 bits per heavy atom. The van der Waals surface area contributed by atoms with Gasteiger partial charge in [-0.15, -0.1) is 11.3 Å². The molecule has 3 N–H and O–H groups in total. The zero-order chi connectivity index (χ0) is 13.2. The minimum atomic E-state index is 0.591. The molecule has 0 unspecified atom stereocenters. The van der Waals surface area contributed by atoms with Crippen molar-refractivity contribution in [3.63, 3.8) is 0 Å². The van der Waals surface area contributed by atoms with Gasteiger partial charge >= 0.3 is 0 Å². The maximum atomic E-state index is 8.92. The molecule has 0 fully saturated rings. The number of nitrogen functional groups attached to an aromatic ring is 1. The fourth-order valence-corrected chi connectivity index (χ4v) is 2.70. The van der Waals surface area contributed by atoms with E-state index < -0.39 is 0 Å². The summed E-state index contributed by atoms with van der Waals surface area (Å²) in [4.78, 5) is 0. The van der Waals surface area contributed by atoms with E-state index in [4.69, 9.17) is 11.0 Å². The fraction of sp³-hybridized carbons (Fsp3) is 0. The summed E-state index contributed by atoms with van der Waals surface area (Å²) in [6.07, 6.45) is 0. The van der Waals surface area contributed by atoms with Gasteiger partial charge in [-0.3, -0.25) is 0 Å². The van der Waals surface area contributed by atoms with E-state index in [1.54, 1.807) is 29.5 Å². The minimum absolute atomic E-state index is 0.591. The molecule has 3 nitrogen and oxygen atoms in total. The molecule has 2 aromatic carbocycles. The van der Waals surface area contributed by atoms with E-state index in [9.17, 15) is 0 Å². The molecule has 4 heteroatoms. The second-order valence-electron chi connectivity index (χ2n) is 4.21. The molecule has 3 aromatic rings. The van der Waals surface area contributed by atoms with Gasteiger partial charge < -0.3 is 11.1 Å². The van der Waals surface area contributed by atoms with Crippen molar-refractivity contribution < 1.29 is 0 Å². The quantitative estimate of drug-likeness (QED) is 0.686. The van der Waals surface area contributed by atoms with E-state index in [2.05, 4.69) is 35.0 Å². The molecule has 0 aliphatic rings. The van der Waals surface area contributed by atoms with Crippen LogP contribution in [-0.2, 0) is 0 Å². The molecule has 0 saturated heterocycles. The van der Waals surface area contributed by atoms with Crippen LogP contribution in [0.15, 0.2) is 47.8 Å². The van der Waals surface area contributed by atoms with Gasteiger partial charge in [-0.05, 0) is 53.2 Å². The molecule has 0 aliphatic heterocycles. The Labute approximate surface area is 114 Å². The second kappa shape index (κ2) is 4.63. The lowest BCUT2D eigenvalue weighted by Gasteiger charge is -2.09. The predicted molar refractivity (Wildman–Crippen MR) is 80.7 cm³/mol. The van der Waals surface area contributed by atoms with Crippen molar-refractivity contribution in [2.24, 2.45) is 0 Å². The zero-order valence-electron chi connectivity index (χ0n) is 10.1. The van der Waals surface area contributed by atoms with Gasteiger partial charge in [0.05, 0.1) is 23.0 Å². The SMILES string of the molecule is N#Cc1ccc(N)c(Nc2ccc3sccc3c2)c1. The Morgan fingerprint density at radius 2 is 2.00 bits per heavy atom. The van der Waals surface area contributed by atoms with E-state index in [0.29, 0.717) is 11.3 Å². The highest BCUT2D eigenvalue weighted by atomic mass is 32.1. The van der Waals surface area contributed by atoms with E-state index in [1.807, 2.05) is 6.07 Å². The van der Waals surface area contributed by atoms with Crippen LogP contribution < -0.4 is 11.1 Å². The molecule has 1 aromatic heterocycles. The van der Waals surface area contributed by atoms with Crippen molar-refractivity contribution in [3.8, 4) is 6.07 Å². The average molecular weight is 265 g/mol. The van der Waals surface area contributed by atoms with Crippen LogP contribution in [0.25, 0.3) is 10.1 Å². The standard InChI is InChI=1S/C15H11N3S/c16-9-10-1-3-13(17)14(7-10)18-12-2-4-15-11(8-12)5-6-19-15/h1-8,18H,17H2. The number of nitriles is 1. The summed E-state index contributed by atoms with van der Waals surface area (Å²) in [5.41, 5.74) is 8.86. The van der Waals surface area contributed by atoms with Crippen molar-refractivity contribution in [1.82, 2.24) is 0 Å². The topological polar surface area (TPSA) is 61.8 Å². The Morgan fingerprint density at radius 3 is 2.84 bits per heavy atom. The summed E-state index contributed by atoms with van der Waals surface area (Å²) in [6.45, 7) is 0. The highest BCUT2D eigenvalue weighted by Gasteiger charge is 2.03. The first kappa shape index (κ1) is 11.6. The molecule has 1 heterocycles. The number of nitrogens with zero attached hydrogens (tertiary/aromatic N) is 1. The maximum absolute atomic E-state index is 8.92. The van der Waals surface area contributed by atoms with E-state index in [1.165, 1.54) is 10.1 Å². The van der Waals surface area contributed by atoms with Crippen molar-refractivity contribution in [1.29, 1.82) is 5.26 Å². The van der Waals surface area contributed by atoms with Crippen LogP contribution in [0.2, 0.25) is 0 Å². The Kier molecular flexibility index (Phi) is 2.82. The van der Waals surface area contributed by atoms with E-state index >= 15 is 0 Å². The number of benzene rings is 2. The summed E-state index contributed by atoms with van der Waals surface area (Å²) in [5, 5.41) is 15.4. The predicted octanol–water partition coefficient (Wildman–Crippen LogP) is 4.10. The molecule has 0 radical (unpaired) electrons. The summed E-state index contributed by atoms with van der Waals surface area (Å²) in [5.74, 6) is 0. The van der Waals surface area contributed by atoms with Gasteiger partial charge in [0, 0.05) is 10.4 Å². The van der Waals surface area contributed by atoms with Gasteiger partial charge in [0.1, 0.15) is 0 Å². The normalized spacial score (nSPS) is 10.3. The lowest BCUT2D eigenvalue weighted by molar-refractivity contribution is 1.47. The molecule has 0 amide bonds. The lowest BCUT2D eigenvalue weighted by Crippen LogP contribution is -1.96. The van der Waals surface area contributed by atoms with Gasteiger partial charge in [-0.25, -0.2) is 0 Å². The average Bonchev–Trinajstić information content (AvgIpc) is 2.89. The van der Waals surface area contributed by atoms with Crippen LogP contribution in [0.4, 0.5) is 17.1 Å². The highest BCUT2D eigenvalue weighted by molar-refractivity contribution is 7.17. The summed E-state index contributed by atoms with van der Waals surface area (Å²) < 4.78 is 1.25. The second-order valence-corrected chi connectivity index (χ2v) is 5.16. The third kappa shape index (κ3) is 2.24. The lowest BCUT2D eigenvalue weighted by atomic mass is 10.1. The number of hydrogen-bond acceptors (Lipinski definition) is 4. The minimum Gasteiger partial charge on any atom is -0.397 e. The largest absolute Gasteiger partial charge is 0.397 e. The Balaban J connectivity index is 1.98. The van der Waals surface area contributed by atoms with E-state index in [0.717, 1.165) is 11.4 Å². The summed E-state index contributed by atoms with van der Waals surface area (Å²) in [6, 6.07) is 15.6. The molecule has 0 atom stereocenters. The third-order valence-corrected chi connectivity index (χ3v) is 3.81. The molecular weight excluding hydrogens is 254 g/mol. The first-order valence-electron chi connectivity index (χ1n) is 5.80. The first-order valence-corrected chi connectivity index (χ1v) is 6.68. The van der Waals surface area contributed by atoms with Crippen molar-refractivity contribution >= 4 is 38.5 Å². The first-order chi connectivity index (χ1) is 9.26. The van der Waals surface area contributed by atoms with Crippen molar-refractivity contribution in [2.45, 2.75) is 0 Å². The van der Waals surface area contributed by atoms with Crippen LogP contribution in [-0.4, -0.2) is 0 Å². The van der Waals surface area contributed by atoms with Gasteiger partial charge in [0.25, 0.3) is 0 Å². The summed E-state index contributed by atoms with van der Waals surface area (Å²) in [7, 11) is 0. The number of rotatable bonds is 2. The van der Waals surface area contributed by atoms with Gasteiger partial charge in [-0.2, -0.15) is 5.26 Å².